The van der Waals surface area contributed by atoms with Gasteiger partial charge in [-0.25, -0.2) is 5.43 Å². The average molecular weight is 397 g/mol. The lowest BCUT2D eigenvalue weighted by molar-refractivity contribution is 0.0951. The van der Waals surface area contributed by atoms with Crippen LogP contribution in [0.25, 0.3) is 10.9 Å². The first kappa shape index (κ1) is 20.1. The van der Waals surface area contributed by atoms with Crippen molar-refractivity contribution in [2.75, 3.05) is 27.9 Å². The Labute approximate surface area is 168 Å². The molecule has 0 aliphatic carbocycles. The van der Waals surface area contributed by atoms with Crippen LogP contribution in [0.4, 0.5) is 0 Å². The van der Waals surface area contributed by atoms with Gasteiger partial charge >= 0.3 is 0 Å². The molecule has 0 fully saturated rings. The number of nitrogens with one attached hydrogen (secondary N) is 2. The third-order valence-corrected chi connectivity index (χ3v) is 4.21. The maximum absolute atomic E-state index is 12.4. The molecule has 29 heavy (non-hydrogen) atoms. The number of methoxy groups -OCH3 is 3. The van der Waals surface area contributed by atoms with Crippen LogP contribution in [-0.2, 0) is 0 Å². The predicted octanol–water partition coefficient (Wildman–Crippen LogP) is 3.36. The summed E-state index contributed by atoms with van der Waals surface area (Å²) in [5, 5.41) is 4.90. The fourth-order valence-electron chi connectivity index (χ4n) is 2.89. The fourth-order valence-corrected chi connectivity index (χ4v) is 2.89. The highest BCUT2D eigenvalue weighted by molar-refractivity contribution is 5.98. The van der Waals surface area contributed by atoms with Crippen molar-refractivity contribution in [3.63, 3.8) is 0 Å². The molecule has 0 atom stereocenters. The van der Waals surface area contributed by atoms with E-state index in [1.807, 2.05) is 25.1 Å². The van der Waals surface area contributed by atoms with Gasteiger partial charge in [0.2, 0.25) is 5.75 Å². The van der Waals surface area contributed by atoms with Crippen LogP contribution in [0.2, 0.25) is 0 Å². The van der Waals surface area contributed by atoms with Gasteiger partial charge in [0.15, 0.2) is 11.5 Å². The summed E-state index contributed by atoms with van der Waals surface area (Å²) in [7, 11) is 4.60. The molecule has 0 bridgehead atoms. The number of aromatic nitrogens is 1. The molecule has 1 amide bonds. The molecule has 0 unspecified atom stereocenters. The SMILES string of the molecule is CCOc1ccc2[nH]c(C(=O)N/N=C\c3cc(OC)c(OC)c(OC)c3)cc2c1. The first-order chi connectivity index (χ1) is 14.1. The molecule has 8 nitrogen and oxygen atoms in total. The number of carbonyl (C=O) groups is 1. The van der Waals surface area contributed by atoms with Crippen LogP contribution in [0.15, 0.2) is 41.5 Å². The Kier molecular flexibility index (Phi) is 6.23. The van der Waals surface area contributed by atoms with Gasteiger partial charge in [-0.15, -0.1) is 0 Å². The molecule has 1 heterocycles. The maximum atomic E-state index is 12.4. The molecule has 2 N–H and O–H groups in total. The molecular weight excluding hydrogens is 374 g/mol. The molecule has 8 heteroatoms. The number of rotatable bonds is 8. The number of aromatic amines is 1. The topological polar surface area (TPSA) is 94.2 Å². The number of amides is 1. The molecule has 152 valence electrons. The Morgan fingerprint density at radius 2 is 1.79 bits per heavy atom. The van der Waals surface area contributed by atoms with Gasteiger partial charge in [-0.05, 0) is 43.3 Å². The molecule has 0 saturated heterocycles. The third-order valence-electron chi connectivity index (χ3n) is 4.21. The Morgan fingerprint density at radius 3 is 2.41 bits per heavy atom. The molecule has 0 saturated carbocycles. The van der Waals surface area contributed by atoms with E-state index in [1.54, 1.807) is 18.2 Å². The van der Waals surface area contributed by atoms with Crippen LogP contribution in [0.5, 0.6) is 23.0 Å². The van der Waals surface area contributed by atoms with Crippen molar-refractivity contribution < 1.29 is 23.7 Å². The van der Waals surface area contributed by atoms with E-state index in [4.69, 9.17) is 18.9 Å². The van der Waals surface area contributed by atoms with Gasteiger partial charge < -0.3 is 23.9 Å². The second-order valence-corrected chi connectivity index (χ2v) is 6.02. The highest BCUT2D eigenvalue weighted by atomic mass is 16.5. The van der Waals surface area contributed by atoms with E-state index in [0.29, 0.717) is 35.1 Å². The van der Waals surface area contributed by atoms with Crippen molar-refractivity contribution in [3.05, 3.63) is 47.7 Å². The summed E-state index contributed by atoms with van der Waals surface area (Å²) in [6.07, 6.45) is 1.50. The smallest absolute Gasteiger partial charge is 0.287 e. The van der Waals surface area contributed by atoms with Crippen LogP contribution >= 0.6 is 0 Å². The highest BCUT2D eigenvalue weighted by Gasteiger charge is 2.13. The lowest BCUT2D eigenvalue weighted by atomic mass is 10.2. The van der Waals surface area contributed by atoms with E-state index in [1.165, 1.54) is 27.5 Å². The summed E-state index contributed by atoms with van der Waals surface area (Å²) in [6, 6.07) is 10.8. The number of hydrogen-bond donors (Lipinski definition) is 2. The van der Waals surface area contributed by atoms with Gasteiger partial charge in [0, 0.05) is 16.5 Å². The second-order valence-electron chi connectivity index (χ2n) is 6.02. The summed E-state index contributed by atoms with van der Waals surface area (Å²) in [5.41, 5.74) is 4.42. The van der Waals surface area contributed by atoms with E-state index in [2.05, 4.69) is 15.5 Å². The van der Waals surface area contributed by atoms with E-state index < -0.39 is 0 Å². The van der Waals surface area contributed by atoms with Crippen LogP contribution < -0.4 is 24.4 Å². The molecule has 0 radical (unpaired) electrons. The van der Waals surface area contributed by atoms with Gasteiger partial charge in [0.25, 0.3) is 5.91 Å². The molecule has 3 rings (SSSR count). The van der Waals surface area contributed by atoms with Crippen LogP contribution in [-0.4, -0.2) is 45.0 Å². The largest absolute Gasteiger partial charge is 0.494 e. The number of nitrogens with zero attached hydrogens (tertiary/aromatic N) is 1. The van der Waals surface area contributed by atoms with Gasteiger partial charge in [0.1, 0.15) is 11.4 Å². The summed E-state index contributed by atoms with van der Waals surface area (Å²) in [4.78, 5) is 15.5. The van der Waals surface area contributed by atoms with Crippen molar-refractivity contribution in [2.45, 2.75) is 6.92 Å². The molecule has 3 aromatic rings. The normalized spacial score (nSPS) is 10.9. The number of benzene rings is 2. The minimum absolute atomic E-state index is 0.358. The van der Waals surface area contributed by atoms with Gasteiger partial charge in [-0.3, -0.25) is 4.79 Å². The fraction of sp³-hybridized carbons (Fsp3) is 0.238. The molecule has 2 aromatic carbocycles. The standard InChI is InChI=1S/C21H23N3O5/c1-5-29-15-6-7-16-14(10-15)11-17(23-16)21(25)24-22-12-13-8-18(26-2)20(28-4)19(9-13)27-3/h6-12,23H,5H2,1-4H3,(H,24,25)/b22-12-. The van der Waals surface area contributed by atoms with Crippen LogP contribution in [0, 0.1) is 0 Å². The van der Waals surface area contributed by atoms with Crippen molar-refractivity contribution in [2.24, 2.45) is 5.10 Å². The zero-order valence-corrected chi connectivity index (χ0v) is 16.7. The first-order valence-corrected chi connectivity index (χ1v) is 8.98. The molecule has 0 spiro atoms. The Bertz CT molecular complexity index is 1020. The van der Waals surface area contributed by atoms with Crippen molar-refractivity contribution >= 4 is 23.0 Å². The average Bonchev–Trinajstić information content (AvgIpc) is 3.16. The quantitative estimate of drug-likeness (QED) is 0.449. The minimum Gasteiger partial charge on any atom is -0.494 e. The number of fused-ring (bicyclic) bond motifs is 1. The number of ether oxygens (including phenoxy) is 4. The summed E-state index contributed by atoms with van der Waals surface area (Å²) >= 11 is 0. The van der Waals surface area contributed by atoms with Gasteiger partial charge in [-0.1, -0.05) is 0 Å². The van der Waals surface area contributed by atoms with Crippen LogP contribution in [0.3, 0.4) is 0 Å². The zero-order valence-electron chi connectivity index (χ0n) is 16.7. The number of hydrazone groups is 1. The van der Waals surface area contributed by atoms with Gasteiger partial charge in [-0.2, -0.15) is 5.10 Å². The summed E-state index contributed by atoms with van der Waals surface area (Å²) in [6.45, 7) is 2.51. The Morgan fingerprint density at radius 1 is 1.07 bits per heavy atom. The maximum Gasteiger partial charge on any atom is 0.287 e. The summed E-state index contributed by atoms with van der Waals surface area (Å²) < 4.78 is 21.4. The van der Waals surface area contributed by atoms with E-state index in [9.17, 15) is 4.79 Å². The molecular formula is C21H23N3O5. The molecule has 0 aliphatic rings. The monoisotopic (exact) mass is 397 g/mol. The molecule has 0 aliphatic heterocycles. The Hall–Kier alpha value is -3.68. The summed E-state index contributed by atoms with van der Waals surface area (Å²) in [5.74, 6) is 1.88. The highest BCUT2D eigenvalue weighted by Crippen LogP contribution is 2.37. The van der Waals surface area contributed by atoms with E-state index in [0.717, 1.165) is 16.7 Å². The minimum atomic E-state index is -0.358. The number of carbonyl (C=O) groups excluding carboxylic acids is 1. The van der Waals surface area contributed by atoms with Crippen molar-refractivity contribution in [3.8, 4) is 23.0 Å². The van der Waals surface area contributed by atoms with E-state index in [-0.39, 0.29) is 5.91 Å². The van der Waals surface area contributed by atoms with Crippen molar-refractivity contribution in [1.82, 2.24) is 10.4 Å². The molecule has 1 aromatic heterocycles. The van der Waals surface area contributed by atoms with Crippen LogP contribution in [0.1, 0.15) is 23.0 Å². The van der Waals surface area contributed by atoms with Crippen molar-refractivity contribution in [1.29, 1.82) is 0 Å². The zero-order chi connectivity index (χ0) is 20.8. The number of hydrogen-bond acceptors (Lipinski definition) is 6. The van der Waals surface area contributed by atoms with E-state index >= 15 is 0 Å². The Balaban J connectivity index is 1.75. The third kappa shape index (κ3) is 4.43. The lowest BCUT2D eigenvalue weighted by Crippen LogP contribution is -2.17. The predicted molar refractivity (Wildman–Crippen MR) is 111 cm³/mol. The first-order valence-electron chi connectivity index (χ1n) is 8.98. The number of H-pyrrole nitrogens is 1. The van der Waals surface area contributed by atoms with Gasteiger partial charge in [0.05, 0.1) is 34.2 Å². The second kappa shape index (κ2) is 9.01. The lowest BCUT2D eigenvalue weighted by Gasteiger charge is -2.12.